The van der Waals surface area contributed by atoms with Crippen LogP contribution in [-0.4, -0.2) is 53.2 Å². The first-order valence-corrected chi connectivity index (χ1v) is 9.72. The largest absolute Gasteiger partial charge is 0.535 e. The zero-order valence-electron chi connectivity index (χ0n) is 15.2. The van der Waals surface area contributed by atoms with Gasteiger partial charge in [-0.3, -0.25) is 4.79 Å². The summed E-state index contributed by atoms with van der Waals surface area (Å²) in [6.07, 6.45) is 6.16. The molecule has 27 heavy (non-hydrogen) atoms. The second-order valence-corrected chi connectivity index (χ2v) is 7.66. The van der Waals surface area contributed by atoms with E-state index in [0.29, 0.717) is 25.8 Å². The second kappa shape index (κ2) is 7.42. The monoisotopic (exact) mass is 373 g/mol. The molecule has 3 aliphatic rings. The predicted octanol–water partition coefficient (Wildman–Crippen LogP) is 1.97. The van der Waals surface area contributed by atoms with E-state index in [9.17, 15) is 19.7 Å². The van der Waals surface area contributed by atoms with Crippen molar-refractivity contribution >= 4 is 19.0 Å². The summed E-state index contributed by atoms with van der Waals surface area (Å²) < 4.78 is 11.2. The molecule has 1 aliphatic carbocycles. The number of fused-ring (bicyclic) bond motifs is 1. The second-order valence-electron chi connectivity index (χ2n) is 7.66. The molecule has 2 fully saturated rings. The van der Waals surface area contributed by atoms with Crippen LogP contribution in [0.2, 0.25) is 6.32 Å². The van der Waals surface area contributed by atoms with Crippen LogP contribution >= 0.6 is 0 Å². The highest BCUT2D eigenvalue weighted by Crippen LogP contribution is 2.37. The van der Waals surface area contributed by atoms with E-state index in [0.717, 1.165) is 31.2 Å². The van der Waals surface area contributed by atoms with Crippen molar-refractivity contribution in [2.75, 3.05) is 13.1 Å². The van der Waals surface area contributed by atoms with Gasteiger partial charge >= 0.3 is 13.1 Å². The number of nitrogens with zero attached hydrogens (tertiary/aromatic N) is 1. The number of hydrogen-bond acceptors (Lipinski definition) is 5. The van der Waals surface area contributed by atoms with Crippen LogP contribution in [0.25, 0.3) is 0 Å². The summed E-state index contributed by atoms with van der Waals surface area (Å²) in [4.78, 5) is 26.1. The van der Waals surface area contributed by atoms with Gasteiger partial charge in [0.2, 0.25) is 5.91 Å². The van der Waals surface area contributed by atoms with Crippen molar-refractivity contribution in [3.8, 4) is 11.5 Å². The molecular formula is C19H24BNO6. The van der Waals surface area contributed by atoms with E-state index in [2.05, 4.69) is 0 Å². The molecule has 0 atom stereocenters. The Morgan fingerprint density at radius 1 is 1.19 bits per heavy atom. The molecule has 2 N–H and O–H groups in total. The highest BCUT2D eigenvalue weighted by atomic mass is 16.5. The van der Waals surface area contributed by atoms with Crippen molar-refractivity contribution in [3.05, 3.63) is 23.3 Å². The minimum atomic E-state index is -1.15. The van der Waals surface area contributed by atoms with Crippen LogP contribution in [0, 0.1) is 5.92 Å². The summed E-state index contributed by atoms with van der Waals surface area (Å²) in [6.45, 7) is 0.962. The molecule has 0 bridgehead atoms. The van der Waals surface area contributed by atoms with Crippen molar-refractivity contribution in [2.24, 2.45) is 5.92 Å². The lowest BCUT2D eigenvalue weighted by Gasteiger charge is -2.41. The molecule has 0 radical (unpaired) electrons. The smallest absolute Gasteiger partial charge is 0.522 e. The maximum atomic E-state index is 12.5. The molecule has 144 valence electrons. The minimum absolute atomic E-state index is 0.0525. The average Bonchev–Trinajstić information content (AvgIpc) is 2.63. The summed E-state index contributed by atoms with van der Waals surface area (Å²) in [6, 6.07) is 3.43. The lowest BCUT2D eigenvalue weighted by atomic mass is 9.78. The Balaban J connectivity index is 1.43. The third-order valence-electron chi connectivity index (χ3n) is 5.74. The number of carbonyl (C=O) groups is 2. The normalized spacial score (nSPS) is 20.5. The fourth-order valence-corrected chi connectivity index (χ4v) is 4.19. The number of benzene rings is 1. The fourth-order valence-electron chi connectivity index (χ4n) is 4.19. The lowest BCUT2D eigenvalue weighted by molar-refractivity contribution is -0.145. The predicted molar refractivity (Wildman–Crippen MR) is 98.1 cm³/mol. The van der Waals surface area contributed by atoms with Crippen LogP contribution in [0.15, 0.2) is 12.1 Å². The van der Waals surface area contributed by atoms with Gasteiger partial charge in [-0.1, -0.05) is 25.3 Å². The van der Waals surface area contributed by atoms with E-state index in [1.165, 1.54) is 6.42 Å². The Hall–Kier alpha value is -2.22. The summed E-state index contributed by atoms with van der Waals surface area (Å²) in [7, 11) is -1.00. The summed E-state index contributed by atoms with van der Waals surface area (Å²) in [5.41, 5.74) is 0.705. The molecular weight excluding hydrogens is 349 g/mol. The van der Waals surface area contributed by atoms with Crippen molar-refractivity contribution < 1.29 is 29.1 Å². The molecule has 1 aromatic rings. The van der Waals surface area contributed by atoms with E-state index in [1.807, 2.05) is 0 Å². The third kappa shape index (κ3) is 3.63. The maximum Gasteiger partial charge on any atom is 0.522 e. The van der Waals surface area contributed by atoms with Gasteiger partial charge in [0.1, 0.15) is 23.2 Å². The average molecular weight is 373 g/mol. The van der Waals surface area contributed by atoms with Gasteiger partial charge in [0, 0.05) is 5.92 Å². The van der Waals surface area contributed by atoms with Gasteiger partial charge < -0.3 is 24.4 Å². The Bertz CT molecular complexity index is 742. The quantitative estimate of drug-likeness (QED) is 0.784. The molecule has 1 aromatic carbocycles. The van der Waals surface area contributed by atoms with E-state index in [-0.39, 0.29) is 35.0 Å². The number of ether oxygens (including phenoxy) is 1. The van der Waals surface area contributed by atoms with E-state index in [1.54, 1.807) is 17.0 Å². The number of carbonyl (C=O) groups excluding carboxylic acids is 1. The van der Waals surface area contributed by atoms with Gasteiger partial charge in [0.15, 0.2) is 0 Å². The van der Waals surface area contributed by atoms with Crippen LogP contribution in [0.4, 0.5) is 0 Å². The van der Waals surface area contributed by atoms with Gasteiger partial charge in [-0.2, -0.15) is 0 Å². The standard InChI is InChI=1S/C19H24BNO6/c22-18(13-4-2-1-3-5-13)21-10-14(11-21)26-15-7-6-12-8-9-20(25)27-17(12)16(15)19(23)24/h6-7,13-14,25H,1-5,8-11H2,(H,23,24). The van der Waals surface area contributed by atoms with Gasteiger partial charge in [-0.15, -0.1) is 0 Å². The molecule has 0 spiro atoms. The first kappa shape index (κ1) is 18.2. The number of aromatic carboxylic acids is 1. The van der Waals surface area contributed by atoms with Crippen LogP contribution in [-0.2, 0) is 11.2 Å². The molecule has 7 nitrogen and oxygen atoms in total. The molecule has 0 unspecified atom stereocenters. The number of amides is 1. The van der Waals surface area contributed by atoms with Crippen molar-refractivity contribution in [1.82, 2.24) is 4.90 Å². The summed E-state index contributed by atoms with van der Waals surface area (Å²) >= 11 is 0. The van der Waals surface area contributed by atoms with Crippen LogP contribution in [0.5, 0.6) is 11.5 Å². The Morgan fingerprint density at radius 2 is 1.93 bits per heavy atom. The van der Waals surface area contributed by atoms with Crippen molar-refractivity contribution in [3.63, 3.8) is 0 Å². The molecule has 1 saturated heterocycles. The maximum absolute atomic E-state index is 12.5. The van der Waals surface area contributed by atoms with Gasteiger partial charge in [-0.25, -0.2) is 4.79 Å². The lowest BCUT2D eigenvalue weighted by Crippen LogP contribution is -2.57. The van der Waals surface area contributed by atoms with Gasteiger partial charge in [0.05, 0.1) is 13.1 Å². The minimum Gasteiger partial charge on any atom is -0.535 e. The zero-order valence-corrected chi connectivity index (χ0v) is 15.2. The number of aryl methyl sites for hydroxylation is 1. The van der Waals surface area contributed by atoms with Crippen LogP contribution in [0.3, 0.4) is 0 Å². The molecule has 2 heterocycles. The van der Waals surface area contributed by atoms with Crippen LogP contribution in [0.1, 0.15) is 48.0 Å². The first-order valence-electron chi connectivity index (χ1n) is 9.72. The van der Waals surface area contributed by atoms with Gasteiger partial charge in [-0.05, 0) is 37.2 Å². The molecule has 1 amide bonds. The number of rotatable bonds is 4. The fraction of sp³-hybridized carbons (Fsp3) is 0.579. The highest BCUT2D eigenvalue weighted by molar-refractivity contribution is 6.44. The van der Waals surface area contributed by atoms with Gasteiger partial charge in [0.25, 0.3) is 0 Å². The highest BCUT2D eigenvalue weighted by Gasteiger charge is 2.37. The number of carboxylic acid groups (broad SMARTS) is 1. The SMILES string of the molecule is O=C(O)c1c(OC2CN(C(=O)C3CCCCC3)C2)ccc2c1OB(O)CC2. The van der Waals surface area contributed by atoms with E-state index in [4.69, 9.17) is 9.39 Å². The van der Waals surface area contributed by atoms with Crippen molar-refractivity contribution in [2.45, 2.75) is 50.9 Å². The zero-order chi connectivity index (χ0) is 19.0. The third-order valence-corrected chi connectivity index (χ3v) is 5.74. The molecule has 0 aromatic heterocycles. The first-order chi connectivity index (χ1) is 13.0. The van der Waals surface area contributed by atoms with E-state index < -0.39 is 13.1 Å². The molecule has 1 saturated carbocycles. The summed E-state index contributed by atoms with van der Waals surface area (Å²) in [5, 5.41) is 19.3. The van der Waals surface area contributed by atoms with Crippen LogP contribution < -0.4 is 9.39 Å². The summed E-state index contributed by atoms with van der Waals surface area (Å²) in [5.74, 6) is -0.401. The Labute approximate surface area is 158 Å². The Morgan fingerprint density at radius 3 is 2.63 bits per heavy atom. The number of hydrogen-bond donors (Lipinski definition) is 2. The van der Waals surface area contributed by atoms with E-state index >= 15 is 0 Å². The topological polar surface area (TPSA) is 96.3 Å². The van der Waals surface area contributed by atoms with Crippen molar-refractivity contribution in [1.29, 1.82) is 0 Å². The molecule has 2 aliphatic heterocycles. The molecule has 8 heteroatoms. The number of likely N-dealkylation sites (tertiary alicyclic amines) is 1. The molecule has 4 rings (SSSR count). The number of carboxylic acids is 1. The Kier molecular flexibility index (Phi) is 4.99.